The molecule has 0 bridgehead atoms. The van der Waals surface area contributed by atoms with E-state index in [9.17, 15) is 4.79 Å². The summed E-state index contributed by atoms with van der Waals surface area (Å²) < 4.78 is 7.68. The van der Waals surface area contributed by atoms with Crippen molar-refractivity contribution in [1.82, 2.24) is 25.0 Å². The molecule has 0 radical (unpaired) electrons. The van der Waals surface area contributed by atoms with Crippen LogP contribution in [0.25, 0.3) is 22.6 Å². The van der Waals surface area contributed by atoms with Gasteiger partial charge in [0.15, 0.2) is 16.4 Å². The van der Waals surface area contributed by atoms with Gasteiger partial charge < -0.3 is 10.1 Å². The van der Waals surface area contributed by atoms with Crippen LogP contribution in [-0.4, -0.2) is 38.0 Å². The fraction of sp³-hybridized carbons (Fsp3) is 0.182. The molecule has 0 aliphatic heterocycles. The number of hydrogen-bond donors (Lipinski definition) is 3. The van der Waals surface area contributed by atoms with Gasteiger partial charge in [0.1, 0.15) is 5.75 Å². The molecule has 0 fully saturated rings. The molecule has 0 unspecified atom stereocenters. The third-order valence-corrected chi connectivity index (χ3v) is 5.15. The summed E-state index contributed by atoms with van der Waals surface area (Å²) in [6.45, 7) is 2.42. The minimum absolute atomic E-state index is 0.170. The number of para-hydroxylation sites is 1. The van der Waals surface area contributed by atoms with Crippen LogP contribution in [0.2, 0.25) is 0 Å². The molecule has 0 spiro atoms. The van der Waals surface area contributed by atoms with Crippen LogP contribution < -0.4 is 10.1 Å². The molecule has 0 saturated heterocycles. The zero-order chi connectivity index (χ0) is 21.8. The Hall–Kier alpha value is -3.72. The first-order valence-electron chi connectivity index (χ1n) is 9.76. The Labute approximate surface area is 184 Å². The number of hydrogen-bond acceptors (Lipinski definition) is 5. The molecule has 0 aliphatic rings. The summed E-state index contributed by atoms with van der Waals surface area (Å²) in [5.74, 6) is 1.71. The van der Waals surface area contributed by atoms with Gasteiger partial charge in [-0.25, -0.2) is 0 Å². The van der Waals surface area contributed by atoms with Crippen LogP contribution in [0.5, 0.6) is 5.75 Å². The predicted molar refractivity (Wildman–Crippen MR) is 121 cm³/mol. The molecule has 2 aromatic carbocycles. The number of methoxy groups -OCH3 is 1. The summed E-state index contributed by atoms with van der Waals surface area (Å²) >= 11 is 5.35. The van der Waals surface area contributed by atoms with Crippen LogP contribution in [0.3, 0.4) is 0 Å². The van der Waals surface area contributed by atoms with E-state index in [0.717, 1.165) is 28.1 Å². The van der Waals surface area contributed by atoms with Crippen LogP contribution in [0.15, 0.2) is 54.6 Å². The van der Waals surface area contributed by atoms with Crippen molar-refractivity contribution in [3.63, 3.8) is 0 Å². The lowest BCUT2D eigenvalue weighted by Gasteiger charge is -2.07. The van der Waals surface area contributed by atoms with E-state index in [2.05, 4.69) is 25.7 Å². The molecule has 0 atom stereocenters. The standard InChI is InChI=1S/C22H22N6O2S/c1-14-6-5-7-15(12-14)21-26-27-22(31)28(21)11-10-20(29)23-19-13-17(24-25-19)16-8-3-4-9-18(16)30-2/h3-9,12-13H,10-11H2,1-2H3,(H,27,31)(H2,23,24,25,29). The van der Waals surface area contributed by atoms with Crippen molar-refractivity contribution in [3.8, 4) is 28.4 Å². The largest absolute Gasteiger partial charge is 0.496 e. The fourth-order valence-corrected chi connectivity index (χ4v) is 3.56. The molecule has 158 valence electrons. The van der Waals surface area contributed by atoms with E-state index in [1.54, 1.807) is 13.2 Å². The Balaban J connectivity index is 1.44. The van der Waals surface area contributed by atoms with Crippen LogP contribution >= 0.6 is 12.2 Å². The Kier molecular flexibility index (Phi) is 5.94. The molecule has 9 heteroatoms. The Morgan fingerprint density at radius 1 is 1.13 bits per heavy atom. The molecule has 1 amide bonds. The minimum atomic E-state index is -0.170. The molecular formula is C22H22N6O2S. The summed E-state index contributed by atoms with van der Waals surface area (Å²) in [7, 11) is 1.61. The van der Waals surface area contributed by atoms with E-state index in [1.807, 2.05) is 60.0 Å². The van der Waals surface area contributed by atoms with E-state index in [-0.39, 0.29) is 12.3 Å². The summed E-state index contributed by atoms with van der Waals surface area (Å²) in [6.07, 6.45) is 0.226. The molecular weight excluding hydrogens is 412 g/mol. The summed E-state index contributed by atoms with van der Waals surface area (Å²) in [4.78, 5) is 12.5. The van der Waals surface area contributed by atoms with Gasteiger partial charge in [0.2, 0.25) is 5.91 Å². The number of H-pyrrole nitrogens is 2. The molecule has 2 aromatic heterocycles. The maximum absolute atomic E-state index is 12.5. The first kappa shape index (κ1) is 20.5. The second kappa shape index (κ2) is 8.97. The molecule has 31 heavy (non-hydrogen) atoms. The number of aromatic amines is 2. The number of nitrogens with one attached hydrogen (secondary N) is 3. The number of amides is 1. The number of anilines is 1. The number of aryl methyl sites for hydroxylation is 1. The lowest BCUT2D eigenvalue weighted by molar-refractivity contribution is -0.116. The zero-order valence-corrected chi connectivity index (χ0v) is 18.0. The number of carbonyl (C=O) groups excluding carboxylic acids is 1. The van der Waals surface area contributed by atoms with Crippen molar-refractivity contribution in [2.75, 3.05) is 12.4 Å². The third-order valence-electron chi connectivity index (χ3n) is 4.84. The van der Waals surface area contributed by atoms with Crippen LogP contribution in [0.4, 0.5) is 5.82 Å². The maximum atomic E-state index is 12.5. The van der Waals surface area contributed by atoms with E-state index in [4.69, 9.17) is 17.0 Å². The van der Waals surface area contributed by atoms with Crippen molar-refractivity contribution in [2.24, 2.45) is 0 Å². The van der Waals surface area contributed by atoms with E-state index >= 15 is 0 Å². The number of carbonyl (C=O) groups is 1. The maximum Gasteiger partial charge on any atom is 0.227 e. The first-order valence-corrected chi connectivity index (χ1v) is 10.2. The summed E-state index contributed by atoms with van der Waals surface area (Å²) in [5, 5.41) is 17.1. The normalized spacial score (nSPS) is 10.8. The van der Waals surface area contributed by atoms with Crippen molar-refractivity contribution >= 4 is 23.9 Å². The topological polar surface area (TPSA) is 101 Å². The highest BCUT2D eigenvalue weighted by molar-refractivity contribution is 7.71. The highest BCUT2D eigenvalue weighted by Gasteiger charge is 2.13. The first-order chi connectivity index (χ1) is 15.0. The van der Waals surface area contributed by atoms with Gasteiger partial charge in [0, 0.05) is 30.2 Å². The molecule has 8 nitrogen and oxygen atoms in total. The third kappa shape index (κ3) is 4.56. The molecule has 2 heterocycles. The van der Waals surface area contributed by atoms with Gasteiger partial charge in [-0.15, -0.1) is 0 Å². The van der Waals surface area contributed by atoms with Crippen molar-refractivity contribution in [2.45, 2.75) is 19.9 Å². The smallest absolute Gasteiger partial charge is 0.227 e. The van der Waals surface area contributed by atoms with Gasteiger partial charge in [-0.3, -0.25) is 19.6 Å². The average molecular weight is 435 g/mol. The quantitative estimate of drug-likeness (QED) is 0.376. The number of aromatic nitrogens is 5. The van der Waals surface area contributed by atoms with E-state index in [0.29, 0.717) is 23.0 Å². The molecule has 0 aliphatic carbocycles. The Bertz CT molecular complexity index is 1270. The van der Waals surface area contributed by atoms with Gasteiger partial charge in [0.25, 0.3) is 0 Å². The SMILES string of the molecule is COc1ccccc1-c1cc(NC(=O)CCn2c(-c3cccc(C)c3)n[nH]c2=S)n[nH]1. The van der Waals surface area contributed by atoms with Gasteiger partial charge in [0.05, 0.1) is 12.8 Å². The summed E-state index contributed by atoms with van der Waals surface area (Å²) in [5.41, 5.74) is 3.69. The van der Waals surface area contributed by atoms with Gasteiger partial charge in [-0.05, 0) is 37.3 Å². The van der Waals surface area contributed by atoms with E-state index < -0.39 is 0 Å². The molecule has 4 rings (SSSR count). The average Bonchev–Trinajstić information content (AvgIpc) is 3.38. The number of ether oxygens (including phenoxy) is 1. The van der Waals surface area contributed by atoms with Crippen LogP contribution in [0, 0.1) is 11.7 Å². The van der Waals surface area contributed by atoms with Crippen molar-refractivity contribution in [1.29, 1.82) is 0 Å². The minimum Gasteiger partial charge on any atom is -0.496 e. The zero-order valence-electron chi connectivity index (χ0n) is 17.2. The van der Waals surface area contributed by atoms with Crippen LogP contribution in [-0.2, 0) is 11.3 Å². The monoisotopic (exact) mass is 434 g/mol. The second-order valence-corrected chi connectivity index (χ2v) is 7.43. The lowest BCUT2D eigenvalue weighted by atomic mass is 10.1. The number of rotatable bonds is 7. The highest BCUT2D eigenvalue weighted by Crippen LogP contribution is 2.29. The molecule has 4 aromatic rings. The fourth-order valence-electron chi connectivity index (χ4n) is 3.34. The lowest BCUT2D eigenvalue weighted by Crippen LogP contribution is -2.15. The number of nitrogens with zero attached hydrogens (tertiary/aromatic N) is 3. The molecule has 3 N–H and O–H groups in total. The predicted octanol–water partition coefficient (Wildman–Crippen LogP) is 4.34. The van der Waals surface area contributed by atoms with Crippen molar-refractivity contribution in [3.05, 3.63) is 64.9 Å². The van der Waals surface area contributed by atoms with Gasteiger partial charge >= 0.3 is 0 Å². The summed E-state index contributed by atoms with van der Waals surface area (Å²) in [6, 6.07) is 17.4. The van der Waals surface area contributed by atoms with Crippen molar-refractivity contribution < 1.29 is 9.53 Å². The Morgan fingerprint density at radius 2 is 1.97 bits per heavy atom. The second-order valence-electron chi connectivity index (χ2n) is 7.04. The number of benzene rings is 2. The van der Waals surface area contributed by atoms with E-state index in [1.165, 1.54) is 0 Å². The molecule has 0 saturated carbocycles. The highest BCUT2D eigenvalue weighted by atomic mass is 32.1. The van der Waals surface area contributed by atoms with Gasteiger partial charge in [-0.2, -0.15) is 10.2 Å². The van der Waals surface area contributed by atoms with Gasteiger partial charge in [-0.1, -0.05) is 35.9 Å². The Morgan fingerprint density at radius 3 is 2.77 bits per heavy atom. The van der Waals surface area contributed by atoms with Crippen LogP contribution in [0.1, 0.15) is 12.0 Å².